The molecule has 5 aromatic rings. The van der Waals surface area contributed by atoms with Gasteiger partial charge in [0.1, 0.15) is 5.75 Å². The van der Waals surface area contributed by atoms with E-state index >= 15 is 0 Å². The number of benzene rings is 4. The van der Waals surface area contributed by atoms with E-state index in [-0.39, 0.29) is 5.69 Å². The van der Waals surface area contributed by atoms with Gasteiger partial charge in [-0.25, -0.2) is 4.74 Å². The summed E-state index contributed by atoms with van der Waals surface area (Å²) in [5, 5.41) is 14.5. The third-order valence-electron chi connectivity index (χ3n) is 6.70. The number of non-ortho nitro benzene ring substituents is 1. The quantitative estimate of drug-likeness (QED) is 0.112. The van der Waals surface area contributed by atoms with Gasteiger partial charge in [-0.1, -0.05) is 57.2 Å². The molecule has 5 rings (SSSR count). The lowest BCUT2D eigenvalue weighted by molar-refractivity contribution is -0.384. The van der Waals surface area contributed by atoms with Crippen LogP contribution in [0, 0.1) is 10.1 Å². The van der Waals surface area contributed by atoms with E-state index in [4.69, 9.17) is 9.27 Å². The Morgan fingerprint density at radius 3 is 2.29 bits per heavy atom. The molecule has 6 nitrogen and oxygen atoms in total. The molecule has 0 fully saturated rings. The second-order valence-corrected chi connectivity index (χ2v) is 14.4. The molecule has 0 aliphatic rings. The van der Waals surface area contributed by atoms with Gasteiger partial charge in [0, 0.05) is 55.4 Å². The lowest BCUT2D eigenvalue weighted by Crippen LogP contribution is -2.27. The van der Waals surface area contributed by atoms with Crippen LogP contribution < -0.4 is 9.83 Å². The molecule has 0 aliphatic carbocycles. The van der Waals surface area contributed by atoms with E-state index in [0.29, 0.717) is 15.9 Å². The highest BCUT2D eigenvalue weighted by Gasteiger charge is 2.39. The van der Waals surface area contributed by atoms with Crippen molar-refractivity contribution in [3.8, 4) is 5.75 Å². The number of hydrogen-bond acceptors (Lipinski definition) is 4. The molecule has 1 unspecified atom stereocenters. The summed E-state index contributed by atoms with van der Waals surface area (Å²) in [6, 6.07) is 29.3. The van der Waals surface area contributed by atoms with Crippen molar-refractivity contribution in [3.05, 3.63) is 106 Å². The van der Waals surface area contributed by atoms with Gasteiger partial charge in [0.05, 0.1) is 10.6 Å². The van der Waals surface area contributed by atoms with Crippen molar-refractivity contribution >= 4 is 61.7 Å². The molecule has 1 atom stereocenters. The van der Waals surface area contributed by atoms with E-state index in [2.05, 4.69) is 90.7 Å². The number of rotatable bonds is 6. The molecule has 0 saturated heterocycles. The molecule has 1 heterocycles. The second-order valence-electron chi connectivity index (χ2n) is 10.1. The first-order chi connectivity index (χ1) is 18.1. The van der Waals surface area contributed by atoms with Crippen LogP contribution in [0.2, 0.25) is 0 Å². The Kier molecular flexibility index (Phi) is 6.93. The van der Waals surface area contributed by atoms with Gasteiger partial charge in [-0.05, 0) is 65.3 Å². The highest BCUT2D eigenvalue weighted by atomic mass is 79.9. The van der Waals surface area contributed by atoms with Gasteiger partial charge in [0.2, 0.25) is 0 Å². The van der Waals surface area contributed by atoms with Crippen molar-refractivity contribution in [2.24, 2.45) is 4.74 Å². The number of fused-ring (bicyclic) bond motifs is 3. The van der Waals surface area contributed by atoms with Crippen LogP contribution in [0.3, 0.4) is 0 Å². The van der Waals surface area contributed by atoms with E-state index in [9.17, 15) is 10.1 Å². The maximum atomic E-state index is 11.6. The summed E-state index contributed by atoms with van der Waals surface area (Å²) >= 11 is 3.58. The SMILES string of the molecule is CCn1c2ccccc2c2cc(P(=Nc3cc([N+](=O)[O-])ccc3Br)(Oc3ccccc3)C(C)(C)C)ccc21. The smallest absolute Gasteiger partial charge is 0.271 e. The topological polar surface area (TPSA) is 69.7 Å². The van der Waals surface area contributed by atoms with E-state index in [1.54, 1.807) is 6.07 Å². The standard InChI is InChI=1S/C30H29BrN3O3P/c1-5-33-28-14-10-9-13-24(28)25-20-23(16-18-29(25)33)38(30(2,3)4,37-22-11-7-6-8-12-22)32-27-19-21(34(35)36)15-17-26(27)31/h6-20H,5H2,1-4H3. The summed E-state index contributed by atoms with van der Waals surface area (Å²) in [6.45, 7) is 9.38. The minimum Gasteiger partial charge on any atom is -0.455 e. The van der Waals surface area contributed by atoms with E-state index in [1.165, 1.54) is 23.0 Å². The Morgan fingerprint density at radius 1 is 0.921 bits per heavy atom. The Balaban J connectivity index is 1.88. The van der Waals surface area contributed by atoms with E-state index < -0.39 is 17.4 Å². The summed E-state index contributed by atoms with van der Waals surface area (Å²) < 4.78 is 15.3. The molecule has 38 heavy (non-hydrogen) atoms. The van der Waals surface area contributed by atoms with Crippen molar-refractivity contribution in [1.29, 1.82) is 0 Å². The molecule has 0 bridgehead atoms. The fourth-order valence-corrected chi connectivity index (χ4v) is 8.41. The average molecular weight is 590 g/mol. The van der Waals surface area contributed by atoms with Crippen molar-refractivity contribution < 1.29 is 9.45 Å². The van der Waals surface area contributed by atoms with Crippen molar-refractivity contribution in [3.63, 3.8) is 0 Å². The number of aromatic nitrogens is 1. The predicted octanol–water partition coefficient (Wildman–Crippen LogP) is 9.44. The Labute approximate surface area is 230 Å². The maximum absolute atomic E-state index is 11.6. The maximum Gasteiger partial charge on any atom is 0.271 e. The number of nitro benzene ring substituents is 1. The Bertz CT molecular complexity index is 1720. The van der Waals surface area contributed by atoms with Crippen molar-refractivity contribution in [2.75, 3.05) is 0 Å². The Hall–Kier alpha value is -3.41. The highest BCUT2D eigenvalue weighted by molar-refractivity contribution is 9.10. The molecular formula is C30H29BrN3O3P. The molecule has 0 radical (unpaired) electrons. The average Bonchev–Trinajstić information content (AvgIpc) is 3.22. The van der Waals surface area contributed by atoms with Crippen molar-refractivity contribution in [2.45, 2.75) is 39.4 Å². The first kappa shape index (κ1) is 26.2. The summed E-state index contributed by atoms with van der Waals surface area (Å²) in [5.41, 5.74) is 2.82. The van der Waals surface area contributed by atoms with Gasteiger partial charge >= 0.3 is 0 Å². The number of nitro groups is 1. The van der Waals surface area contributed by atoms with E-state index in [1.807, 2.05) is 30.3 Å². The summed E-state index contributed by atoms with van der Waals surface area (Å²) in [7, 11) is -2.87. The number of hydrogen-bond donors (Lipinski definition) is 0. The van der Waals surface area contributed by atoms with Gasteiger partial charge in [0.15, 0.2) is 7.28 Å². The number of halogens is 1. The largest absolute Gasteiger partial charge is 0.455 e. The fraction of sp³-hybridized carbons (Fsp3) is 0.200. The molecule has 8 heteroatoms. The third-order valence-corrected chi connectivity index (χ3v) is 11.1. The van der Waals surface area contributed by atoms with Crippen LogP contribution in [0.1, 0.15) is 27.7 Å². The van der Waals surface area contributed by atoms with Crippen LogP contribution in [0.25, 0.3) is 21.8 Å². The van der Waals surface area contributed by atoms with Gasteiger partial charge in [-0.3, -0.25) is 10.1 Å². The van der Waals surface area contributed by atoms with Gasteiger partial charge in [0.25, 0.3) is 5.69 Å². The minimum absolute atomic E-state index is 0.0138. The molecular weight excluding hydrogens is 561 g/mol. The number of aryl methyl sites for hydroxylation is 1. The zero-order valence-corrected chi connectivity index (χ0v) is 24.2. The van der Waals surface area contributed by atoms with E-state index in [0.717, 1.165) is 22.8 Å². The first-order valence-corrected chi connectivity index (χ1v) is 14.9. The minimum atomic E-state index is -2.87. The fourth-order valence-electron chi connectivity index (χ4n) is 4.85. The number of para-hydroxylation sites is 2. The van der Waals surface area contributed by atoms with Crippen LogP contribution in [-0.4, -0.2) is 14.6 Å². The summed E-state index contributed by atoms with van der Waals surface area (Å²) in [6.07, 6.45) is 0. The van der Waals surface area contributed by atoms with Gasteiger partial charge in [-0.15, -0.1) is 0 Å². The van der Waals surface area contributed by atoms with Crippen LogP contribution in [0.4, 0.5) is 11.4 Å². The molecule has 4 aromatic carbocycles. The second kappa shape index (κ2) is 10.0. The lowest BCUT2D eigenvalue weighted by Gasteiger charge is -2.37. The van der Waals surface area contributed by atoms with Crippen LogP contribution in [0.15, 0.2) is 100 Å². The molecule has 1 aromatic heterocycles. The summed E-state index contributed by atoms with van der Waals surface area (Å²) in [5.74, 6) is 0.706. The monoisotopic (exact) mass is 589 g/mol. The third kappa shape index (κ3) is 4.55. The molecule has 0 N–H and O–H groups in total. The zero-order valence-electron chi connectivity index (χ0n) is 21.8. The molecule has 194 valence electrons. The van der Waals surface area contributed by atoms with Gasteiger partial charge < -0.3 is 9.09 Å². The van der Waals surface area contributed by atoms with Crippen LogP contribution in [-0.2, 0) is 6.54 Å². The van der Waals surface area contributed by atoms with Crippen LogP contribution >= 0.6 is 23.2 Å². The molecule has 0 amide bonds. The van der Waals surface area contributed by atoms with Gasteiger partial charge in [-0.2, -0.15) is 0 Å². The molecule has 0 saturated carbocycles. The highest BCUT2D eigenvalue weighted by Crippen LogP contribution is 2.62. The predicted molar refractivity (Wildman–Crippen MR) is 161 cm³/mol. The number of nitrogens with zero attached hydrogens (tertiary/aromatic N) is 3. The molecule has 0 aliphatic heterocycles. The van der Waals surface area contributed by atoms with Crippen molar-refractivity contribution in [1.82, 2.24) is 4.57 Å². The Morgan fingerprint density at radius 2 is 1.61 bits per heavy atom. The molecule has 0 spiro atoms. The lowest BCUT2D eigenvalue weighted by atomic mass is 10.1. The normalized spacial score (nSPS) is 13.4. The zero-order chi connectivity index (χ0) is 27.1. The van der Waals surface area contributed by atoms with Crippen LogP contribution in [0.5, 0.6) is 5.75 Å². The summed E-state index contributed by atoms with van der Waals surface area (Å²) in [4.78, 5) is 11.2. The first-order valence-electron chi connectivity index (χ1n) is 12.5.